The summed E-state index contributed by atoms with van der Waals surface area (Å²) < 4.78 is 0. The summed E-state index contributed by atoms with van der Waals surface area (Å²) in [6, 6.07) is 0.0909. The molecular formula is C12H24N8O. The van der Waals surface area contributed by atoms with Crippen molar-refractivity contribution in [2.75, 3.05) is 42.4 Å². The van der Waals surface area contributed by atoms with Gasteiger partial charge < -0.3 is 15.1 Å². The van der Waals surface area contributed by atoms with Crippen LogP contribution >= 0.6 is 0 Å². The molecule has 0 aliphatic rings. The number of nitrogens with zero attached hydrogens (tertiary/aromatic N) is 5. The molecule has 0 aliphatic carbocycles. The summed E-state index contributed by atoms with van der Waals surface area (Å²) in [5, 5.41) is 2.84. The van der Waals surface area contributed by atoms with Gasteiger partial charge in [-0.25, -0.2) is 5.84 Å². The third-order valence-corrected chi connectivity index (χ3v) is 2.59. The summed E-state index contributed by atoms with van der Waals surface area (Å²) in [5.41, 5.74) is 2.41. The van der Waals surface area contributed by atoms with Gasteiger partial charge in [-0.05, 0) is 20.8 Å². The number of carbonyl (C=O) groups is 1. The summed E-state index contributed by atoms with van der Waals surface area (Å²) in [6.07, 6.45) is 0. The highest BCUT2D eigenvalue weighted by molar-refractivity contribution is 5.81. The number of nitrogen functional groups attached to an aromatic ring is 1. The maximum Gasteiger partial charge on any atom is 0.243 e. The van der Waals surface area contributed by atoms with Gasteiger partial charge in [0, 0.05) is 26.7 Å². The lowest BCUT2D eigenvalue weighted by Crippen LogP contribution is -2.41. The van der Waals surface area contributed by atoms with Crippen molar-refractivity contribution in [2.24, 2.45) is 5.84 Å². The van der Waals surface area contributed by atoms with Gasteiger partial charge in [0.2, 0.25) is 23.8 Å². The van der Waals surface area contributed by atoms with Gasteiger partial charge >= 0.3 is 0 Å². The first-order valence-electron chi connectivity index (χ1n) is 6.81. The normalized spacial score (nSPS) is 10.4. The maximum absolute atomic E-state index is 11.9. The molecule has 0 aliphatic heterocycles. The smallest absolute Gasteiger partial charge is 0.243 e. The summed E-state index contributed by atoms with van der Waals surface area (Å²) in [6.45, 7) is 6.52. The molecule has 9 nitrogen and oxygen atoms in total. The van der Waals surface area contributed by atoms with Gasteiger partial charge in [-0.2, -0.15) is 15.0 Å². The molecule has 1 heterocycles. The van der Waals surface area contributed by atoms with Gasteiger partial charge in [0.1, 0.15) is 0 Å². The van der Waals surface area contributed by atoms with Crippen molar-refractivity contribution in [3.05, 3.63) is 0 Å². The monoisotopic (exact) mass is 296 g/mol. The minimum atomic E-state index is -0.0825. The second-order valence-electron chi connectivity index (χ2n) is 5.03. The molecule has 0 saturated heterocycles. The largest absolute Gasteiger partial charge is 0.352 e. The van der Waals surface area contributed by atoms with Crippen LogP contribution in [0.5, 0.6) is 0 Å². The standard InChI is InChI=1S/C12H24N8O/c1-6-20(7-9(21)14-8(2)3)12-16-10(18-13)15-11(17-12)19(4)5/h8H,6-7,13H2,1-5H3,(H,14,21)(H,15,16,17,18). The Morgan fingerprint density at radius 1 is 1.24 bits per heavy atom. The van der Waals surface area contributed by atoms with E-state index in [0.29, 0.717) is 18.4 Å². The number of rotatable bonds is 7. The minimum absolute atomic E-state index is 0.0825. The Morgan fingerprint density at radius 2 is 1.86 bits per heavy atom. The molecule has 118 valence electrons. The Balaban J connectivity index is 2.98. The molecule has 0 aromatic carbocycles. The molecule has 4 N–H and O–H groups in total. The molecular weight excluding hydrogens is 272 g/mol. The highest BCUT2D eigenvalue weighted by Crippen LogP contribution is 2.14. The van der Waals surface area contributed by atoms with Crippen LogP contribution in [0, 0.1) is 0 Å². The van der Waals surface area contributed by atoms with E-state index in [1.54, 1.807) is 9.80 Å². The molecule has 0 fully saturated rings. The molecule has 9 heteroatoms. The first-order valence-corrected chi connectivity index (χ1v) is 6.81. The Morgan fingerprint density at radius 3 is 2.33 bits per heavy atom. The van der Waals surface area contributed by atoms with Crippen molar-refractivity contribution < 1.29 is 4.79 Å². The average Bonchev–Trinajstić information content (AvgIpc) is 2.43. The van der Waals surface area contributed by atoms with Crippen LogP contribution in [0.4, 0.5) is 17.8 Å². The van der Waals surface area contributed by atoms with Crippen LogP contribution in [0.25, 0.3) is 0 Å². The van der Waals surface area contributed by atoms with Crippen LogP contribution in [-0.2, 0) is 4.79 Å². The summed E-state index contributed by atoms with van der Waals surface area (Å²) in [4.78, 5) is 28.1. The molecule has 0 spiro atoms. The van der Waals surface area contributed by atoms with Crippen LogP contribution in [0.15, 0.2) is 0 Å². The number of hydrazine groups is 1. The molecule has 1 aromatic heterocycles. The molecule has 0 bridgehead atoms. The lowest BCUT2D eigenvalue weighted by atomic mass is 10.4. The molecule has 0 unspecified atom stereocenters. The van der Waals surface area contributed by atoms with E-state index in [1.807, 2.05) is 34.9 Å². The summed E-state index contributed by atoms with van der Waals surface area (Å²) in [5.74, 6) is 6.42. The van der Waals surface area contributed by atoms with Gasteiger partial charge in [-0.3, -0.25) is 10.2 Å². The Labute approximate surface area is 124 Å². The third-order valence-electron chi connectivity index (χ3n) is 2.59. The van der Waals surface area contributed by atoms with Gasteiger partial charge in [-0.1, -0.05) is 0 Å². The lowest BCUT2D eigenvalue weighted by Gasteiger charge is -2.22. The Hall–Kier alpha value is -2.16. The molecule has 1 amide bonds. The highest BCUT2D eigenvalue weighted by Gasteiger charge is 2.16. The topological polar surface area (TPSA) is 112 Å². The molecule has 1 rings (SSSR count). The zero-order valence-corrected chi connectivity index (χ0v) is 13.2. The average molecular weight is 296 g/mol. The van der Waals surface area contributed by atoms with Crippen LogP contribution < -0.4 is 26.4 Å². The van der Waals surface area contributed by atoms with Gasteiger partial charge in [-0.15, -0.1) is 0 Å². The van der Waals surface area contributed by atoms with E-state index in [9.17, 15) is 4.79 Å². The van der Waals surface area contributed by atoms with Gasteiger partial charge in [0.05, 0.1) is 6.54 Å². The number of nitrogens with two attached hydrogens (primary N) is 1. The first-order chi connectivity index (χ1) is 9.87. The number of hydrogen-bond acceptors (Lipinski definition) is 8. The number of hydrogen-bond donors (Lipinski definition) is 3. The van der Waals surface area contributed by atoms with Crippen molar-refractivity contribution >= 4 is 23.8 Å². The fraction of sp³-hybridized carbons (Fsp3) is 0.667. The fourth-order valence-electron chi connectivity index (χ4n) is 1.62. The number of aromatic nitrogens is 3. The SMILES string of the molecule is CCN(CC(=O)NC(C)C)c1nc(NN)nc(N(C)C)n1. The van der Waals surface area contributed by atoms with Crippen molar-refractivity contribution in [3.63, 3.8) is 0 Å². The van der Waals surface area contributed by atoms with Crippen molar-refractivity contribution in [3.8, 4) is 0 Å². The fourth-order valence-corrected chi connectivity index (χ4v) is 1.62. The van der Waals surface area contributed by atoms with E-state index in [1.165, 1.54) is 0 Å². The number of carbonyl (C=O) groups excluding carboxylic acids is 1. The van der Waals surface area contributed by atoms with E-state index < -0.39 is 0 Å². The quantitative estimate of drug-likeness (QED) is 0.459. The molecule has 21 heavy (non-hydrogen) atoms. The van der Waals surface area contributed by atoms with E-state index in [0.717, 1.165) is 0 Å². The second kappa shape index (κ2) is 7.58. The van der Waals surface area contributed by atoms with E-state index >= 15 is 0 Å². The van der Waals surface area contributed by atoms with Gasteiger partial charge in [0.15, 0.2) is 0 Å². The summed E-state index contributed by atoms with van der Waals surface area (Å²) in [7, 11) is 3.64. The summed E-state index contributed by atoms with van der Waals surface area (Å²) >= 11 is 0. The lowest BCUT2D eigenvalue weighted by molar-refractivity contribution is -0.120. The molecule has 1 aromatic rings. The van der Waals surface area contributed by atoms with Gasteiger partial charge in [0.25, 0.3) is 0 Å². The Kier molecular flexibility index (Phi) is 6.10. The second-order valence-corrected chi connectivity index (χ2v) is 5.03. The van der Waals surface area contributed by atoms with E-state index in [2.05, 4.69) is 25.7 Å². The number of nitrogens with one attached hydrogen (secondary N) is 2. The zero-order valence-electron chi connectivity index (χ0n) is 13.2. The van der Waals surface area contributed by atoms with Crippen LogP contribution in [-0.4, -0.2) is 54.1 Å². The van der Waals surface area contributed by atoms with E-state index in [-0.39, 0.29) is 24.4 Å². The molecule has 0 saturated carbocycles. The predicted octanol–water partition coefficient (Wildman–Crippen LogP) is -0.426. The molecule has 0 atom stereocenters. The van der Waals surface area contributed by atoms with Crippen LogP contribution in [0.1, 0.15) is 20.8 Å². The molecule has 0 radical (unpaired) electrons. The minimum Gasteiger partial charge on any atom is -0.352 e. The maximum atomic E-state index is 11.9. The first kappa shape index (κ1) is 16.9. The van der Waals surface area contributed by atoms with Crippen molar-refractivity contribution in [1.29, 1.82) is 0 Å². The number of amides is 1. The van der Waals surface area contributed by atoms with Crippen molar-refractivity contribution in [1.82, 2.24) is 20.3 Å². The number of likely N-dealkylation sites (N-methyl/N-ethyl adjacent to an activating group) is 1. The Bertz CT molecular complexity index is 476. The highest BCUT2D eigenvalue weighted by atomic mass is 16.2. The van der Waals surface area contributed by atoms with Crippen LogP contribution in [0.3, 0.4) is 0 Å². The third kappa shape index (κ3) is 5.03. The number of anilines is 3. The zero-order chi connectivity index (χ0) is 16.0. The predicted molar refractivity (Wildman–Crippen MR) is 83.1 cm³/mol. The van der Waals surface area contributed by atoms with Crippen LogP contribution in [0.2, 0.25) is 0 Å². The van der Waals surface area contributed by atoms with Crippen molar-refractivity contribution in [2.45, 2.75) is 26.8 Å². The van der Waals surface area contributed by atoms with E-state index in [4.69, 9.17) is 5.84 Å².